The molecule has 1 amide bonds. The molecule has 0 bridgehead atoms. The van der Waals surface area contributed by atoms with Gasteiger partial charge in [-0.3, -0.25) is 4.79 Å². The van der Waals surface area contributed by atoms with Crippen LogP contribution in [0.25, 0.3) is 10.9 Å². The number of H-pyrrole nitrogens is 1. The first-order chi connectivity index (χ1) is 9.15. The van der Waals surface area contributed by atoms with Crippen molar-refractivity contribution in [2.24, 2.45) is 0 Å². The van der Waals surface area contributed by atoms with E-state index < -0.39 is 0 Å². The highest BCUT2D eigenvalue weighted by atomic mass is 16.3. The van der Waals surface area contributed by atoms with Gasteiger partial charge in [0.1, 0.15) is 5.69 Å². The molecule has 0 saturated heterocycles. The Morgan fingerprint density at radius 1 is 1.47 bits per heavy atom. The number of aromatic nitrogens is 1. The fourth-order valence-electron chi connectivity index (χ4n) is 2.08. The summed E-state index contributed by atoms with van der Waals surface area (Å²) in [5.41, 5.74) is 2.63. The molecule has 0 unspecified atom stereocenters. The number of rotatable bonds is 5. The van der Waals surface area contributed by atoms with Gasteiger partial charge in [0, 0.05) is 24.0 Å². The molecular formula is C15H18N2O2. The van der Waals surface area contributed by atoms with Crippen molar-refractivity contribution in [2.45, 2.75) is 6.92 Å². The van der Waals surface area contributed by atoms with Gasteiger partial charge in [-0.1, -0.05) is 18.2 Å². The van der Waals surface area contributed by atoms with E-state index in [0.29, 0.717) is 18.8 Å². The molecule has 0 aliphatic carbocycles. The Labute approximate surface area is 112 Å². The Morgan fingerprint density at radius 2 is 2.26 bits per heavy atom. The molecule has 1 heterocycles. The van der Waals surface area contributed by atoms with Crippen LogP contribution in [0.1, 0.15) is 16.1 Å². The number of amides is 1. The number of carbonyl (C=O) groups is 1. The Kier molecular flexibility index (Phi) is 4.02. The SMILES string of the molecule is C=CCN(CCO)C(=O)c1cc2ccc(C)cc2[nH]1. The molecule has 1 aromatic heterocycles. The van der Waals surface area contributed by atoms with Gasteiger partial charge >= 0.3 is 0 Å². The highest BCUT2D eigenvalue weighted by Gasteiger charge is 2.16. The van der Waals surface area contributed by atoms with Crippen molar-refractivity contribution in [3.05, 3.63) is 48.2 Å². The van der Waals surface area contributed by atoms with Gasteiger partial charge in [0.2, 0.25) is 0 Å². The van der Waals surface area contributed by atoms with E-state index >= 15 is 0 Å². The summed E-state index contributed by atoms with van der Waals surface area (Å²) in [6, 6.07) is 7.85. The van der Waals surface area contributed by atoms with Gasteiger partial charge < -0.3 is 15.0 Å². The summed E-state index contributed by atoms with van der Waals surface area (Å²) in [7, 11) is 0. The van der Waals surface area contributed by atoms with Gasteiger partial charge in [-0.25, -0.2) is 0 Å². The quantitative estimate of drug-likeness (QED) is 0.807. The second kappa shape index (κ2) is 5.71. The average Bonchev–Trinajstić information content (AvgIpc) is 2.80. The second-order valence-electron chi connectivity index (χ2n) is 4.54. The molecule has 0 aliphatic rings. The van der Waals surface area contributed by atoms with E-state index in [-0.39, 0.29) is 12.5 Å². The third-order valence-electron chi connectivity index (χ3n) is 3.01. The van der Waals surface area contributed by atoms with E-state index in [2.05, 4.69) is 11.6 Å². The van der Waals surface area contributed by atoms with Crippen LogP contribution < -0.4 is 0 Å². The third kappa shape index (κ3) is 2.85. The maximum Gasteiger partial charge on any atom is 0.270 e. The molecule has 4 heteroatoms. The zero-order chi connectivity index (χ0) is 13.8. The molecule has 2 rings (SSSR count). The maximum absolute atomic E-state index is 12.3. The number of hydrogen-bond donors (Lipinski definition) is 2. The fourth-order valence-corrected chi connectivity index (χ4v) is 2.08. The van der Waals surface area contributed by atoms with Gasteiger partial charge in [-0.05, 0) is 24.6 Å². The van der Waals surface area contributed by atoms with Crippen LogP contribution in [0.3, 0.4) is 0 Å². The molecule has 19 heavy (non-hydrogen) atoms. The topological polar surface area (TPSA) is 56.3 Å². The number of fused-ring (bicyclic) bond motifs is 1. The molecule has 0 spiro atoms. The fraction of sp³-hybridized carbons (Fsp3) is 0.267. The number of aliphatic hydroxyl groups is 1. The summed E-state index contributed by atoms with van der Waals surface area (Å²) in [6.07, 6.45) is 1.65. The van der Waals surface area contributed by atoms with Crippen LogP contribution in [0.15, 0.2) is 36.9 Å². The normalized spacial score (nSPS) is 10.6. The standard InChI is InChI=1S/C15H18N2O2/c1-3-6-17(7-8-18)15(19)14-10-12-5-4-11(2)9-13(12)16-14/h3-5,9-10,16,18H,1,6-8H2,2H3. The van der Waals surface area contributed by atoms with Crippen LogP contribution in [-0.4, -0.2) is 40.6 Å². The molecule has 0 radical (unpaired) electrons. The Morgan fingerprint density at radius 3 is 2.95 bits per heavy atom. The number of aryl methyl sites for hydroxylation is 1. The molecule has 1 aromatic carbocycles. The van der Waals surface area contributed by atoms with Crippen LogP contribution in [0.2, 0.25) is 0 Å². The minimum atomic E-state index is -0.122. The first-order valence-corrected chi connectivity index (χ1v) is 6.26. The highest BCUT2D eigenvalue weighted by Crippen LogP contribution is 2.18. The van der Waals surface area contributed by atoms with E-state index in [1.54, 1.807) is 11.0 Å². The number of nitrogens with one attached hydrogen (secondary N) is 1. The summed E-state index contributed by atoms with van der Waals surface area (Å²) in [5, 5.41) is 10.0. The molecule has 4 nitrogen and oxygen atoms in total. The van der Waals surface area contributed by atoms with Crippen LogP contribution in [0.4, 0.5) is 0 Å². The van der Waals surface area contributed by atoms with Crippen molar-refractivity contribution in [3.63, 3.8) is 0 Å². The molecular weight excluding hydrogens is 240 g/mol. The molecule has 0 aliphatic heterocycles. The van der Waals surface area contributed by atoms with Crippen LogP contribution in [-0.2, 0) is 0 Å². The number of benzene rings is 1. The van der Waals surface area contributed by atoms with E-state index in [9.17, 15) is 4.79 Å². The molecule has 0 saturated carbocycles. The van der Waals surface area contributed by atoms with Crippen molar-refractivity contribution in [1.82, 2.24) is 9.88 Å². The van der Waals surface area contributed by atoms with E-state index in [1.165, 1.54) is 0 Å². The van der Waals surface area contributed by atoms with Gasteiger partial charge in [0.25, 0.3) is 5.91 Å². The average molecular weight is 258 g/mol. The summed E-state index contributed by atoms with van der Waals surface area (Å²) < 4.78 is 0. The lowest BCUT2D eigenvalue weighted by Gasteiger charge is -2.18. The van der Waals surface area contributed by atoms with Gasteiger partial charge in [0.15, 0.2) is 0 Å². The van der Waals surface area contributed by atoms with Crippen LogP contribution in [0, 0.1) is 6.92 Å². The summed E-state index contributed by atoms with van der Waals surface area (Å²) in [4.78, 5) is 17.0. The number of carbonyl (C=O) groups excluding carboxylic acids is 1. The predicted molar refractivity (Wildman–Crippen MR) is 76.2 cm³/mol. The summed E-state index contributed by atoms with van der Waals surface area (Å²) in [5.74, 6) is -0.122. The Bertz CT molecular complexity index is 601. The number of aromatic amines is 1. The maximum atomic E-state index is 12.3. The van der Waals surface area contributed by atoms with Crippen molar-refractivity contribution in [3.8, 4) is 0 Å². The monoisotopic (exact) mass is 258 g/mol. The Hall–Kier alpha value is -2.07. The zero-order valence-corrected chi connectivity index (χ0v) is 11.0. The van der Waals surface area contributed by atoms with Crippen molar-refractivity contribution in [1.29, 1.82) is 0 Å². The predicted octanol–water partition coefficient (Wildman–Crippen LogP) is 2.10. The van der Waals surface area contributed by atoms with Crippen molar-refractivity contribution in [2.75, 3.05) is 19.7 Å². The largest absolute Gasteiger partial charge is 0.395 e. The van der Waals surface area contributed by atoms with Crippen LogP contribution >= 0.6 is 0 Å². The molecule has 0 atom stereocenters. The number of nitrogens with zero attached hydrogens (tertiary/aromatic N) is 1. The van der Waals surface area contributed by atoms with Crippen LogP contribution in [0.5, 0.6) is 0 Å². The van der Waals surface area contributed by atoms with Gasteiger partial charge in [-0.15, -0.1) is 6.58 Å². The highest BCUT2D eigenvalue weighted by molar-refractivity contribution is 5.98. The minimum absolute atomic E-state index is 0.0566. The molecule has 2 aromatic rings. The van der Waals surface area contributed by atoms with E-state index in [4.69, 9.17) is 5.11 Å². The second-order valence-corrected chi connectivity index (χ2v) is 4.54. The third-order valence-corrected chi connectivity index (χ3v) is 3.01. The summed E-state index contributed by atoms with van der Waals surface area (Å²) in [6.45, 7) is 6.31. The Balaban J connectivity index is 2.31. The van der Waals surface area contributed by atoms with E-state index in [0.717, 1.165) is 16.5 Å². The first-order valence-electron chi connectivity index (χ1n) is 6.26. The van der Waals surface area contributed by atoms with Crippen molar-refractivity contribution < 1.29 is 9.90 Å². The van der Waals surface area contributed by atoms with E-state index in [1.807, 2.05) is 31.2 Å². The molecule has 100 valence electrons. The lowest BCUT2D eigenvalue weighted by Crippen LogP contribution is -2.33. The first kappa shape index (κ1) is 13.4. The lowest BCUT2D eigenvalue weighted by molar-refractivity contribution is 0.0738. The number of hydrogen-bond acceptors (Lipinski definition) is 2. The smallest absolute Gasteiger partial charge is 0.270 e. The number of aliphatic hydroxyl groups excluding tert-OH is 1. The van der Waals surface area contributed by atoms with Crippen molar-refractivity contribution >= 4 is 16.8 Å². The zero-order valence-electron chi connectivity index (χ0n) is 11.0. The lowest BCUT2D eigenvalue weighted by atomic mass is 10.2. The summed E-state index contributed by atoms with van der Waals surface area (Å²) >= 11 is 0. The van der Waals surface area contributed by atoms with Gasteiger partial charge in [0.05, 0.1) is 6.61 Å². The van der Waals surface area contributed by atoms with Gasteiger partial charge in [-0.2, -0.15) is 0 Å². The molecule has 0 fully saturated rings. The molecule has 2 N–H and O–H groups in total. The minimum Gasteiger partial charge on any atom is -0.395 e.